The van der Waals surface area contributed by atoms with E-state index < -0.39 is 0 Å². The molecular weight excluding hydrogens is 120 g/mol. The van der Waals surface area contributed by atoms with Crippen LogP contribution < -0.4 is 0 Å². The van der Waals surface area contributed by atoms with Crippen LogP contribution in [0.3, 0.4) is 0 Å². The van der Waals surface area contributed by atoms with Crippen molar-refractivity contribution in [3.05, 3.63) is 0 Å². The van der Waals surface area contributed by atoms with E-state index >= 15 is 0 Å². The van der Waals surface area contributed by atoms with Gasteiger partial charge in [-0.25, -0.2) is 0 Å². The first-order valence-electron chi connectivity index (χ1n) is 1.32. The number of rotatable bonds is 2. The van der Waals surface area contributed by atoms with Crippen molar-refractivity contribution < 1.29 is 0 Å². The lowest BCUT2D eigenvalue weighted by molar-refractivity contribution is 1.58. The van der Waals surface area contributed by atoms with E-state index in [1.807, 2.05) is 0 Å². The predicted molar refractivity (Wildman–Crippen MR) is 34.8 cm³/mol. The van der Waals surface area contributed by atoms with Gasteiger partial charge in [0.2, 0.25) is 0 Å². The summed E-state index contributed by atoms with van der Waals surface area (Å²) in [4.78, 5) is 0. The van der Waals surface area contributed by atoms with Crippen molar-refractivity contribution in [1.82, 2.24) is 0 Å². The highest BCUT2D eigenvalue weighted by molar-refractivity contribution is 8.18. The Morgan fingerprint density at radius 3 is 2.40 bits per heavy atom. The molecule has 0 atom stereocenters. The van der Waals surface area contributed by atoms with Gasteiger partial charge >= 0.3 is 0 Å². The van der Waals surface area contributed by atoms with Gasteiger partial charge in [-0.1, -0.05) is 11.2 Å². The fraction of sp³-hybridized carbons (Fsp3) is 1.00. The molecule has 3 heteroatoms. The van der Waals surface area contributed by atoms with Gasteiger partial charge in [-0.3, -0.25) is 0 Å². The van der Waals surface area contributed by atoms with E-state index in [0.29, 0.717) is 0 Å². The van der Waals surface area contributed by atoms with E-state index in [-0.39, 0.29) is 0 Å². The first kappa shape index (κ1) is 5.92. The van der Waals surface area contributed by atoms with Crippen LogP contribution in [0.5, 0.6) is 0 Å². The fourth-order valence-electron chi connectivity index (χ4n) is 0.0408. The molecule has 0 aliphatic heterocycles. The Bertz CT molecular complexity index is 26.1. The Kier molecular flexibility index (Phi) is 5.83. The topological polar surface area (TPSA) is 0 Å². The van der Waals surface area contributed by atoms with Crippen LogP contribution in [-0.2, 0) is 21.5 Å². The largest absolute Gasteiger partial charge is 0.179 e. The molecule has 0 amide bonds. The summed E-state index contributed by atoms with van der Waals surface area (Å²) in [5, 5.41) is 0. The van der Waals surface area contributed by atoms with E-state index in [2.05, 4.69) is 23.8 Å². The second-order valence-electron chi connectivity index (χ2n) is 0.576. The van der Waals surface area contributed by atoms with Crippen LogP contribution in [0.2, 0.25) is 0 Å². The van der Waals surface area contributed by atoms with Gasteiger partial charge in [0.15, 0.2) is 0 Å². The maximum Gasteiger partial charge on any atom is 0.00395 e. The quantitative estimate of drug-likeness (QED) is 0.498. The van der Waals surface area contributed by atoms with Crippen molar-refractivity contribution in [2.75, 3.05) is 11.5 Å². The molecule has 0 spiro atoms. The van der Waals surface area contributed by atoms with Gasteiger partial charge in [-0.15, -0.1) is 10.3 Å². The van der Waals surface area contributed by atoms with E-state index in [9.17, 15) is 0 Å². The molecule has 0 N–H and O–H groups in total. The summed E-state index contributed by atoms with van der Waals surface area (Å²) in [6.45, 7) is 0. The molecule has 0 saturated heterocycles. The van der Waals surface area contributed by atoms with E-state index in [1.165, 1.54) is 0 Å². The highest BCUT2D eigenvalue weighted by Gasteiger charge is 1.63. The highest BCUT2D eigenvalue weighted by Crippen LogP contribution is 1.67. The molecule has 0 bridgehead atoms. The lowest BCUT2D eigenvalue weighted by Gasteiger charge is -1.72. The molecular formula is C2H6S3. The van der Waals surface area contributed by atoms with Crippen molar-refractivity contribution in [2.24, 2.45) is 0 Å². The zero-order valence-corrected chi connectivity index (χ0v) is 5.32. The molecule has 0 nitrogen and oxygen atoms in total. The van der Waals surface area contributed by atoms with E-state index in [1.54, 1.807) is 0 Å². The Morgan fingerprint density at radius 2 is 2.40 bits per heavy atom. The highest BCUT2D eigenvalue weighted by atomic mass is 32.8. The molecule has 0 aromatic rings. The smallest absolute Gasteiger partial charge is 0.00395 e. The molecule has 0 fully saturated rings. The number of hydrogen-bond donors (Lipinski definition) is 2. The van der Waals surface area contributed by atoms with Gasteiger partial charge in [0.1, 0.15) is 0 Å². The van der Waals surface area contributed by atoms with Crippen LogP contribution in [0, 0.1) is 0 Å². The molecule has 5 heavy (non-hydrogen) atoms. The summed E-state index contributed by atoms with van der Waals surface area (Å²) in [5.41, 5.74) is 0. The molecule has 0 aromatic carbocycles. The van der Waals surface area contributed by atoms with Crippen molar-refractivity contribution in [3.63, 3.8) is 0 Å². The molecule has 0 heterocycles. The van der Waals surface area contributed by atoms with Crippen LogP contribution in [0.25, 0.3) is 0 Å². The van der Waals surface area contributed by atoms with Crippen LogP contribution in [0.1, 0.15) is 0 Å². The Hall–Kier alpha value is 0.920. The van der Waals surface area contributed by atoms with Crippen molar-refractivity contribution in [3.8, 4) is 0 Å². The molecule has 0 radical (unpaired) electrons. The summed E-state index contributed by atoms with van der Waals surface area (Å²) in [5.74, 6) is 1.96. The second kappa shape index (κ2) is 4.92. The molecule has 0 aromatic heterocycles. The maximum atomic E-state index is 4.57. The lowest BCUT2D eigenvalue weighted by atomic mass is 11.0. The number of hydrogen-bond acceptors (Lipinski definition) is 2. The average Bonchev–Trinajstić information content (AvgIpc) is 1.41. The predicted octanol–water partition coefficient (Wildman–Crippen LogP) is 0.193. The Balaban J connectivity index is 2.40. The van der Waals surface area contributed by atoms with Crippen LogP contribution in [0.4, 0.5) is 0 Å². The Morgan fingerprint density at radius 1 is 1.80 bits per heavy atom. The standard InChI is InChI=1S/C2H6S3/c3-1-2-5-4/h3,5H,1-2H2. The molecule has 32 valence electrons. The minimum Gasteiger partial charge on any atom is -0.179 e. The van der Waals surface area contributed by atoms with E-state index in [0.717, 1.165) is 21.8 Å². The van der Waals surface area contributed by atoms with Crippen molar-refractivity contribution >= 4 is 34.1 Å². The second-order valence-corrected chi connectivity index (χ2v) is 2.50. The summed E-state index contributed by atoms with van der Waals surface area (Å²) in [6, 6.07) is 0. The normalized spacial score (nSPS) is 8.20. The average molecular weight is 126 g/mol. The minimum absolute atomic E-state index is 0.922. The van der Waals surface area contributed by atoms with Crippen molar-refractivity contribution in [2.45, 2.75) is 0 Å². The fourth-order valence-corrected chi connectivity index (χ4v) is 1.10. The van der Waals surface area contributed by atoms with Crippen molar-refractivity contribution in [1.29, 1.82) is 0 Å². The lowest BCUT2D eigenvalue weighted by Crippen LogP contribution is -1.76. The first-order chi connectivity index (χ1) is 2.41. The molecule has 0 rings (SSSR count). The number of thiol groups is 2. The van der Waals surface area contributed by atoms with Gasteiger partial charge < -0.3 is 0 Å². The molecule has 0 unspecified atom stereocenters. The zero-order chi connectivity index (χ0) is 4.12. The summed E-state index contributed by atoms with van der Waals surface area (Å²) in [6.07, 6.45) is 0. The molecule has 0 saturated carbocycles. The minimum atomic E-state index is 0.922. The van der Waals surface area contributed by atoms with Gasteiger partial charge in [0.05, 0.1) is 0 Å². The summed E-state index contributed by atoms with van der Waals surface area (Å²) < 4.78 is 0. The van der Waals surface area contributed by atoms with Gasteiger partial charge in [-0.05, 0) is 5.75 Å². The van der Waals surface area contributed by atoms with Gasteiger partial charge in [0.25, 0.3) is 0 Å². The SMILES string of the molecule is S=[SH]CCS. The first-order valence-corrected chi connectivity index (χ1v) is 4.04. The third kappa shape index (κ3) is 4.92. The Labute approximate surface area is 46.0 Å². The van der Waals surface area contributed by atoms with Crippen LogP contribution >= 0.6 is 12.6 Å². The van der Waals surface area contributed by atoms with Gasteiger partial charge in [0, 0.05) is 5.75 Å². The van der Waals surface area contributed by atoms with Crippen LogP contribution in [0.15, 0.2) is 0 Å². The monoisotopic (exact) mass is 126 g/mol. The zero-order valence-electron chi connectivity index (χ0n) is 2.72. The van der Waals surface area contributed by atoms with E-state index in [4.69, 9.17) is 0 Å². The summed E-state index contributed by atoms with van der Waals surface area (Å²) >= 11 is 8.50. The third-order valence-corrected chi connectivity index (χ3v) is 1.72. The molecule has 0 aliphatic carbocycles. The third-order valence-electron chi connectivity index (χ3n) is 0.191. The summed E-state index contributed by atoms with van der Waals surface area (Å²) in [7, 11) is 1.04. The molecule has 0 aliphatic rings. The maximum absolute atomic E-state index is 4.57. The van der Waals surface area contributed by atoms with Crippen LogP contribution in [-0.4, -0.2) is 11.5 Å². The van der Waals surface area contributed by atoms with Gasteiger partial charge in [-0.2, -0.15) is 12.6 Å².